The Balaban J connectivity index is 1.78. The molecule has 2 aromatic heterocycles. The van der Waals surface area contributed by atoms with Crippen molar-refractivity contribution in [3.05, 3.63) is 59.0 Å². The summed E-state index contributed by atoms with van der Waals surface area (Å²) in [4.78, 5) is 18.1. The molecule has 1 N–H and O–H groups in total. The lowest BCUT2D eigenvalue weighted by Gasteiger charge is -2.29. The zero-order chi connectivity index (χ0) is 20.5. The summed E-state index contributed by atoms with van der Waals surface area (Å²) in [5, 5.41) is 9.59. The van der Waals surface area contributed by atoms with E-state index in [1.165, 1.54) is 10.5 Å². The van der Waals surface area contributed by atoms with Gasteiger partial charge in [0.15, 0.2) is 17.1 Å². The molecule has 1 aliphatic heterocycles. The lowest BCUT2D eigenvalue weighted by atomic mass is 10.2. The topological polar surface area (TPSA) is 76.3 Å². The van der Waals surface area contributed by atoms with E-state index in [1.807, 2.05) is 4.90 Å². The molecular formula is C20H19F2N3O4. The third kappa shape index (κ3) is 3.61. The van der Waals surface area contributed by atoms with E-state index in [4.69, 9.17) is 9.47 Å². The summed E-state index contributed by atoms with van der Waals surface area (Å²) in [6.07, 6.45) is 1.68. The first-order valence-electron chi connectivity index (χ1n) is 9.10. The van der Waals surface area contributed by atoms with Crippen LogP contribution in [-0.4, -0.2) is 46.8 Å². The molecule has 0 bridgehead atoms. The second kappa shape index (κ2) is 7.67. The minimum absolute atomic E-state index is 0.0111. The van der Waals surface area contributed by atoms with E-state index in [0.29, 0.717) is 37.7 Å². The molecule has 9 heteroatoms. The van der Waals surface area contributed by atoms with Gasteiger partial charge in [-0.3, -0.25) is 4.40 Å². The molecule has 0 atom stereocenters. The fraction of sp³-hybridized carbons (Fsp3) is 0.300. The van der Waals surface area contributed by atoms with Crippen molar-refractivity contribution in [2.24, 2.45) is 0 Å². The third-order valence-electron chi connectivity index (χ3n) is 4.86. The number of imidazole rings is 1. The summed E-state index contributed by atoms with van der Waals surface area (Å²) in [5.41, 5.74) is 1.11. The van der Waals surface area contributed by atoms with Crippen molar-refractivity contribution in [2.75, 3.05) is 31.2 Å². The van der Waals surface area contributed by atoms with Crippen LogP contribution in [-0.2, 0) is 11.3 Å². The second-order valence-electron chi connectivity index (χ2n) is 6.70. The van der Waals surface area contributed by atoms with Gasteiger partial charge in [0.05, 0.1) is 30.2 Å². The minimum atomic E-state index is -1.12. The van der Waals surface area contributed by atoms with Crippen molar-refractivity contribution in [2.45, 2.75) is 13.5 Å². The number of carbonyl (C=O) groups is 1. The van der Waals surface area contributed by atoms with Crippen molar-refractivity contribution in [3.63, 3.8) is 0 Å². The van der Waals surface area contributed by atoms with Crippen LogP contribution < -0.4 is 9.64 Å². The Kier molecular flexibility index (Phi) is 5.06. The number of pyridine rings is 1. The Morgan fingerprint density at radius 3 is 2.62 bits per heavy atom. The standard InChI is InChI=1S/C20H19F2N3O4/c1-12-18(20(26)27)25-10-13(24-5-7-28-8-6-24)9-17(19(25)23-12)29-11-14-15(21)3-2-4-16(14)22/h2-4,9-10H,5-8,11H2,1H3,(H,26,27). The summed E-state index contributed by atoms with van der Waals surface area (Å²) in [6.45, 7) is 3.58. The van der Waals surface area contributed by atoms with E-state index in [0.717, 1.165) is 12.1 Å². The zero-order valence-corrected chi connectivity index (χ0v) is 15.7. The first-order chi connectivity index (χ1) is 14.0. The number of hydrogen-bond donors (Lipinski definition) is 1. The van der Waals surface area contributed by atoms with Crippen molar-refractivity contribution in [1.82, 2.24) is 9.38 Å². The van der Waals surface area contributed by atoms with Gasteiger partial charge in [-0.1, -0.05) is 6.07 Å². The number of aromatic nitrogens is 2. The van der Waals surface area contributed by atoms with E-state index in [-0.39, 0.29) is 29.3 Å². The molecule has 0 amide bonds. The quantitative estimate of drug-likeness (QED) is 0.706. The molecule has 0 saturated carbocycles. The molecular weight excluding hydrogens is 384 g/mol. The fourth-order valence-electron chi connectivity index (χ4n) is 3.39. The third-order valence-corrected chi connectivity index (χ3v) is 4.86. The van der Waals surface area contributed by atoms with E-state index in [1.54, 1.807) is 19.2 Å². The Hall–Kier alpha value is -3.20. The summed E-state index contributed by atoms with van der Waals surface area (Å²) in [7, 11) is 0. The number of ether oxygens (including phenoxy) is 2. The van der Waals surface area contributed by atoms with Gasteiger partial charge in [-0.2, -0.15) is 0 Å². The molecule has 4 rings (SSSR count). The number of halogens is 2. The van der Waals surface area contributed by atoms with Crippen LogP contribution >= 0.6 is 0 Å². The number of anilines is 1. The number of carboxylic acids is 1. The smallest absolute Gasteiger partial charge is 0.354 e. The van der Waals surface area contributed by atoms with Gasteiger partial charge in [0.1, 0.15) is 18.2 Å². The van der Waals surface area contributed by atoms with Gasteiger partial charge in [-0.05, 0) is 19.1 Å². The van der Waals surface area contributed by atoms with Gasteiger partial charge in [-0.15, -0.1) is 0 Å². The molecule has 1 saturated heterocycles. The van der Waals surface area contributed by atoms with Crippen LogP contribution in [0.15, 0.2) is 30.5 Å². The van der Waals surface area contributed by atoms with Gasteiger partial charge >= 0.3 is 5.97 Å². The molecule has 3 aromatic rings. The van der Waals surface area contributed by atoms with Crippen LogP contribution in [0.2, 0.25) is 0 Å². The number of benzene rings is 1. The lowest BCUT2D eigenvalue weighted by molar-refractivity contribution is 0.0688. The predicted molar refractivity (Wildman–Crippen MR) is 101 cm³/mol. The van der Waals surface area contributed by atoms with Gasteiger partial charge in [-0.25, -0.2) is 18.6 Å². The van der Waals surface area contributed by atoms with Crippen molar-refractivity contribution in [1.29, 1.82) is 0 Å². The molecule has 1 fully saturated rings. The molecule has 0 aliphatic carbocycles. The van der Waals surface area contributed by atoms with Crippen molar-refractivity contribution >= 4 is 17.3 Å². The number of aryl methyl sites for hydroxylation is 1. The Morgan fingerprint density at radius 1 is 1.28 bits per heavy atom. The number of rotatable bonds is 5. The highest BCUT2D eigenvalue weighted by Crippen LogP contribution is 2.30. The maximum atomic E-state index is 14.0. The van der Waals surface area contributed by atoms with E-state index in [2.05, 4.69) is 4.98 Å². The Bertz CT molecular complexity index is 1060. The van der Waals surface area contributed by atoms with Crippen LogP contribution in [0.5, 0.6) is 5.75 Å². The molecule has 29 heavy (non-hydrogen) atoms. The maximum Gasteiger partial charge on any atom is 0.354 e. The Morgan fingerprint density at radius 2 is 1.97 bits per heavy atom. The number of fused-ring (bicyclic) bond motifs is 1. The highest BCUT2D eigenvalue weighted by Gasteiger charge is 2.22. The number of morpholine rings is 1. The van der Waals surface area contributed by atoms with Crippen LogP contribution in [0.1, 0.15) is 21.7 Å². The van der Waals surface area contributed by atoms with Crippen molar-refractivity contribution < 1.29 is 28.2 Å². The molecule has 0 unspecified atom stereocenters. The minimum Gasteiger partial charge on any atom is -0.485 e. The van der Waals surface area contributed by atoms with Gasteiger partial charge in [0.2, 0.25) is 0 Å². The number of carboxylic acid groups (broad SMARTS) is 1. The first-order valence-corrected chi connectivity index (χ1v) is 9.10. The van der Waals surface area contributed by atoms with E-state index in [9.17, 15) is 18.7 Å². The van der Waals surface area contributed by atoms with Crippen molar-refractivity contribution in [3.8, 4) is 5.75 Å². The van der Waals surface area contributed by atoms with Gasteiger partial charge in [0.25, 0.3) is 0 Å². The fourth-order valence-corrected chi connectivity index (χ4v) is 3.39. The van der Waals surface area contributed by atoms with E-state index < -0.39 is 17.6 Å². The summed E-state index contributed by atoms with van der Waals surface area (Å²) in [6, 6.07) is 5.30. The average Bonchev–Trinajstić information content (AvgIpc) is 3.04. The predicted octanol–water partition coefficient (Wildman–Crippen LogP) is 3.03. The molecule has 1 aliphatic rings. The Labute approximate surface area is 165 Å². The molecule has 7 nitrogen and oxygen atoms in total. The summed E-state index contributed by atoms with van der Waals surface area (Å²) >= 11 is 0. The molecule has 152 valence electrons. The number of nitrogens with zero attached hydrogens (tertiary/aromatic N) is 3. The first kappa shape index (κ1) is 19.1. The highest BCUT2D eigenvalue weighted by molar-refractivity contribution is 5.89. The SMILES string of the molecule is Cc1nc2c(OCc3c(F)cccc3F)cc(N3CCOCC3)cn2c1C(=O)O. The maximum absolute atomic E-state index is 14.0. The zero-order valence-electron chi connectivity index (χ0n) is 15.7. The molecule has 3 heterocycles. The number of aromatic carboxylic acids is 1. The molecule has 1 aromatic carbocycles. The normalized spacial score (nSPS) is 14.4. The van der Waals surface area contributed by atoms with Gasteiger partial charge in [0, 0.05) is 25.4 Å². The second-order valence-corrected chi connectivity index (χ2v) is 6.70. The van der Waals surface area contributed by atoms with Crippen LogP contribution in [0.3, 0.4) is 0 Å². The largest absolute Gasteiger partial charge is 0.485 e. The summed E-state index contributed by atoms with van der Waals surface area (Å²) < 4.78 is 40.5. The van der Waals surface area contributed by atoms with Gasteiger partial charge < -0.3 is 19.5 Å². The highest BCUT2D eigenvalue weighted by atomic mass is 19.1. The average molecular weight is 403 g/mol. The monoisotopic (exact) mass is 403 g/mol. The molecule has 0 spiro atoms. The van der Waals surface area contributed by atoms with Crippen LogP contribution in [0.25, 0.3) is 5.65 Å². The summed E-state index contributed by atoms with van der Waals surface area (Å²) in [5.74, 6) is -2.31. The number of hydrogen-bond acceptors (Lipinski definition) is 5. The van der Waals surface area contributed by atoms with Crippen LogP contribution in [0.4, 0.5) is 14.5 Å². The van der Waals surface area contributed by atoms with Crippen LogP contribution in [0, 0.1) is 18.6 Å². The molecule has 0 radical (unpaired) electrons. The lowest BCUT2D eigenvalue weighted by Crippen LogP contribution is -2.36. The van der Waals surface area contributed by atoms with E-state index >= 15 is 0 Å².